The number of benzene rings is 4. The van der Waals surface area contributed by atoms with Crippen molar-refractivity contribution in [2.45, 2.75) is 0 Å². The molecule has 4 aromatic carbocycles. The molecule has 0 aliphatic carbocycles. The molecule has 0 saturated carbocycles. The van der Waals surface area contributed by atoms with Gasteiger partial charge >= 0.3 is 0 Å². The average Bonchev–Trinajstić information content (AvgIpc) is 3.22. The third-order valence-corrected chi connectivity index (χ3v) is 8.46. The lowest BCUT2D eigenvalue weighted by molar-refractivity contribution is 1.16. The Kier molecular flexibility index (Phi) is 7.41. The van der Waals surface area contributed by atoms with Crippen LogP contribution in [0, 0.1) is 5.92 Å². The second-order valence-electron chi connectivity index (χ2n) is 8.75. The maximum Gasteiger partial charge on any atom is 0.0721 e. The maximum absolute atomic E-state index is 7.06. The zero-order valence-corrected chi connectivity index (χ0v) is 24.9. The molecule has 0 amide bonds. The van der Waals surface area contributed by atoms with E-state index in [1.54, 1.807) is 12.1 Å². The van der Waals surface area contributed by atoms with Crippen LogP contribution in [0.1, 0.15) is 16.7 Å². The summed E-state index contributed by atoms with van der Waals surface area (Å²) >= 11 is 47.0. The lowest BCUT2D eigenvalue weighted by Crippen LogP contribution is -2.10. The minimum atomic E-state index is 0.276. The minimum Gasteiger partial charge on any atom is -0.309 e. The molecule has 0 unspecified atom stereocenters. The quantitative estimate of drug-likeness (QED) is 0.186. The molecule has 0 saturated heterocycles. The van der Waals surface area contributed by atoms with Crippen LogP contribution in [0.2, 0.25) is 35.2 Å². The van der Waals surface area contributed by atoms with Crippen LogP contribution in [0.25, 0.3) is 27.5 Å². The van der Waals surface area contributed by atoms with E-state index in [0.29, 0.717) is 37.7 Å². The summed E-state index contributed by atoms with van der Waals surface area (Å²) in [5.74, 6) is 0.461. The summed E-state index contributed by atoms with van der Waals surface area (Å²) in [6.45, 7) is 0. The molecule has 0 bridgehead atoms. The summed E-state index contributed by atoms with van der Waals surface area (Å²) in [6, 6.07) is 23.2. The fourth-order valence-corrected chi connectivity index (χ4v) is 7.16. The van der Waals surface area contributed by atoms with E-state index < -0.39 is 0 Å². The molecule has 6 rings (SSSR count). The molecule has 0 N–H and O–H groups in total. The number of rotatable bonds is 4. The van der Waals surface area contributed by atoms with Gasteiger partial charge in [0.15, 0.2) is 0 Å². The molecule has 2 aromatic heterocycles. The van der Waals surface area contributed by atoms with Crippen molar-refractivity contribution in [1.29, 1.82) is 0 Å². The molecule has 0 aliphatic rings. The topological polar surface area (TPSA) is 17.8 Å². The molecule has 0 spiro atoms. The molecule has 0 aliphatic heterocycles. The van der Waals surface area contributed by atoms with Gasteiger partial charge in [0, 0.05) is 70.7 Å². The summed E-state index contributed by atoms with van der Waals surface area (Å²) in [4.78, 5) is 4.09. The Morgan fingerprint density at radius 3 is 1.41 bits per heavy atom. The molecule has 0 fully saturated rings. The Balaban J connectivity index is 1.65. The highest BCUT2D eigenvalue weighted by molar-refractivity contribution is 6.42. The highest BCUT2D eigenvalue weighted by Crippen LogP contribution is 2.49. The second kappa shape index (κ2) is 10.7. The molecule has 0 atom stereocenters. The fourth-order valence-electron chi connectivity index (χ4n) is 4.93. The number of nitrogens with zero attached hydrogens (tertiary/aromatic N) is 2. The number of para-hydroxylation sites is 2. The first-order valence-electron chi connectivity index (χ1n) is 11.6. The van der Waals surface area contributed by atoms with Gasteiger partial charge in [-0.3, -0.25) is 4.98 Å². The van der Waals surface area contributed by atoms with Gasteiger partial charge in [0.25, 0.3) is 0 Å². The maximum atomic E-state index is 7.06. The summed E-state index contributed by atoms with van der Waals surface area (Å²) < 4.78 is 2.13. The molecular formula is C30H14Cl7N2. The number of aromatic nitrogens is 2. The van der Waals surface area contributed by atoms with Crippen LogP contribution in [0.4, 0.5) is 0 Å². The highest BCUT2D eigenvalue weighted by Gasteiger charge is 2.32. The zero-order chi connectivity index (χ0) is 27.4. The van der Waals surface area contributed by atoms with Crippen LogP contribution in [0.15, 0.2) is 85.2 Å². The number of fused-ring (bicyclic) bond motifs is 3. The van der Waals surface area contributed by atoms with Crippen LogP contribution < -0.4 is 0 Å². The largest absolute Gasteiger partial charge is 0.309 e. The predicted molar refractivity (Wildman–Crippen MR) is 167 cm³/mol. The molecule has 2 heterocycles. The molecule has 6 aromatic rings. The van der Waals surface area contributed by atoms with E-state index in [4.69, 9.17) is 81.2 Å². The Hall–Kier alpha value is -2.14. The van der Waals surface area contributed by atoms with E-state index in [1.807, 2.05) is 36.4 Å². The second-order valence-corrected chi connectivity index (χ2v) is 11.6. The van der Waals surface area contributed by atoms with E-state index in [-0.39, 0.29) is 20.1 Å². The van der Waals surface area contributed by atoms with E-state index in [1.165, 1.54) is 12.4 Å². The van der Waals surface area contributed by atoms with Crippen molar-refractivity contribution < 1.29 is 0 Å². The standard InChI is InChI=1S/C30H14Cl7N2/c31-15-9-19(32)27(20(33)10-15)30(29-23(36)13-38-14-24(29)37)28-21(34)11-16(12-22(28)35)39-25-7-3-1-5-17(25)18-6-2-4-8-26(18)39/h1-14H. The van der Waals surface area contributed by atoms with E-state index in [2.05, 4.69) is 33.8 Å². The first-order valence-corrected chi connectivity index (χ1v) is 14.2. The van der Waals surface area contributed by atoms with E-state index >= 15 is 0 Å². The third kappa shape index (κ3) is 4.67. The molecule has 193 valence electrons. The van der Waals surface area contributed by atoms with Gasteiger partial charge in [0.05, 0.1) is 27.0 Å². The van der Waals surface area contributed by atoms with Crippen LogP contribution in [-0.2, 0) is 0 Å². The van der Waals surface area contributed by atoms with Crippen molar-refractivity contribution in [3.8, 4) is 5.69 Å². The van der Waals surface area contributed by atoms with Gasteiger partial charge in [0.1, 0.15) is 0 Å². The molecule has 9 heteroatoms. The van der Waals surface area contributed by atoms with Crippen LogP contribution in [0.3, 0.4) is 0 Å². The molecule has 2 nitrogen and oxygen atoms in total. The summed E-state index contributed by atoms with van der Waals surface area (Å²) in [6.07, 6.45) is 2.96. The number of halogens is 7. The number of pyridine rings is 1. The van der Waals surface area contributed by atoms with Crippen molar-refractivity contribution in [2.75, 3.05) is 0 Å². The van der Waals surface area contributed by atoms with Gasteiger partial charge in [-0.2, -0.15) is 0 Å². The van der Waals surface area contributed by atoms with E-state index in [0.717, 1.165) is 27.5 Å². The van der Waals surface area contributed by atoms with Crippen LogP contribution >= 0.6 is 81.2 Å². The average molecular weight is 651 g/mol. The number of hydrogen-bond donors (Lipinski definition) is 0. The van der Waals surface area contributed by atoms with Crippen molar-refractivity contribution >= 4 is 103 Å². The van der Waals surface area contributed by atoms with Gasteiger partial charge < -0.3 is 4.57 Å². The molecular weight excluding hydrogens is 637 g/mol. The van der Waals surface area contributed by atoms with Crippen LogP contribution in [0.5, 0.6) is 0 Å². The van der Waals surface area contributed by atoms with E-state index in [9.17, 15) is 0 Å². The Bertz CT molecular complexity index is 1790. The van der Waals surface area contributed by atoms with Crippen molar-refractivity contribution in [3.63, 3.8) is 0 Å². The minimum absolute atomic E-state index is 0.276. The van der Waals surface area contributed by atoms with Gasteiger partial charge in [-0.05, 0) is 36.4 Å². The molecule has 39 heavy (non-hydrogen) atoms. The number of hydrogen-bond acceptors (Lipinski definition) is 1. The first-order chi connectivity index (χ1) is 18.8. The first kappa shape index (κ1) is 27.1. The molecule has 1 radical (unpaired) electrons. The lowest BCUT2D eigenvalue weighted by atomic mass is 9.85. The highest BCUT2D eigenvalue weighted by atomic mass is 35.5. The zero-order valence-electron chi connectivity index (χ0n) is 19.6. The predicted octanol–water partition coefficient (Wildman–Crippen LogP) is 11.8. The normalized spacial score (nSPS) is 11.7. The van der Waals surface area contributed by atoms with Gasteiger partial charge in [-0.25, -0.2) is 0 Å². The monoisotopic (exact) mass is 647 g/mol. The Morgan fingerprint density at radius 1 is 0.513 bits per heavy atom. The van der Waals surface area contributed by atoms with Crippen molar-refractivity contribution in [2.24, 2.45) is 0 Å². The van der Waals surface area contributed by atoms with Gasteiger partial charge in [-0.15, -0.1) is 0 Å². The Morgan fingerprint density at radius 2 is 0.923 bits per heavy atom. The Labute approximate surface area is 259 Å². The lowest BCUT2D eigenvalue weighted by Gasteiger charge is -2.25. The van der Waals surface area contributed by atoms with Crippen molar-refractivity contribution in [1.82, 2.24) is 9.55 Å². The third-order valence-electron chi connectivity index (χ3n) is 6.48. The summed E-state index contributed by atoms with van der Waals surface area (Å²) in [5.41, 5.74) is 4.16. The van der Waals surface area contributed by atoms with Gasteiger partial charge in [-0.1, -0.05) is 118 Å². The summed E-state index contributed by atoms with van der Waals surface area (Å²) in [5, 5.41) is 4.42. The fraction of sp³-hybridized carbons (Fsp3) is 0. The summed E-state index contributed by atoms with van der Waals surface area (Å²) in [7, 11) is 0. The van der Waals surface area contributed by atoms with Crippen molar-refractivity contribution in [3.05, 3.63) is 143 Å². The van der Waals surface area contributed by atoms with Gasteiger partial charge in [0.2, 0.25) is 0 Å². The smallest absolute Gasteiger partial charge is 0.0721 e. The van der Waals surface area contributed by atoms with Crippen LogP contribution in [-0.4, -0.2) is 9.55 Å². The SMILES string of the molecule is Clc1cc(Cl)c([C](c2c(Cl)cncc2Cl)c2c(Cl)cc(-n3c4ccccc4c4ccccc43)cc2Cl)c(Cl)c1.